The predicted molar refractivity (Wildman–Crippen MR) is 89.6 cm³/mol. The second kappa shape index (κ2) is 6.67. The third-order valence-electron chi connectivity index (χ3n) is 3.92. The summed E-state index contributed by atoms with van der Waals surface area (Å²) in [6.45, 7) is 0. The van der Waals surface area contributed by atoms with Gasteiger partial charge in [-0.1, -0.05) is 0 Å². The van der Waals surface area contributed by atoms with Crippen LogP contribution >= 0.6 is 0 Å². The molecule has 26 heavy (non-hydrogen) atoms. The van der Waals surface area contributed by atoms with Gasteiger partial charge < -0.3 is 14.0 Å². The highest BCUT2D eigenvalue weighted by atomic mass is 19.1. The lowest BCUT2D eigenvalue weighted by molar-refractivity contribution is 0.301. The molecule has 4 rings (SSSR count). The Morgan fingerprint density at radius 1 is 0.692 bits per heavy atom. The highest BCUT2D eigenvalue weighted by Crippen LogP contribution is 2.31. The van der Waals surface area contributed by atoms with E-state index >= 15 is 0 Å². The van der Waals surface area contributed by atoms with Crippen molar-refractivity contribution in [2.75, 3.05) is 0 Å². The first-order chi connectivity index (χ1) is 12.6. The molecule has 0 saturated heterocycles. The third-order valence-corrected chi connectivity index (χ3v) is 3.92. The molecule has 3 nitrogen and oxygen atoms in total. The summed E-state index contributed by atoms with van der Waals surface area (Å²) in [4.78, 5) is 0. The average molecular weight is 356 g/mol. The molecule has 3 aromatic carbocycles. The lowest BCUT2D eigenvalue weighted by Crippen LogP contribution is -2.38. The van der Waals surface area contributed by atoms with Crippen molar-refractivity contribution in [3.8, 4) is 17.2 Å². The first-order valence-electron chi connectivity index (χ1n) is 7.89. The zero-order valence-electron chi connectivity index (χ0n) is 13.4. The topological polar surface area (TPSA) is 27.7 Å². The predicted octanol–water partition coefficient (Wildman–Crippen LogP) is 4.53. The lowest BCUT2D eigenvalue weighted by atomic mass is 10.00. The van der Waals surface area contributed by atoms with Crippen molar-refractivity contribution in [2.24, 2.45) is 0 Å². The Hall–Kier alpha value is -3.09. The number of fused-ring (bicyclic) bond motifs is 2. The van der Waals surface area contributed by atoms with Crippen molar-refractivity contribution in [1.29, 1.82) is 0 Å². The molecular weight excluding hydrogens is 344 g/mol. The van der Waals surface area contributed by atoms with Crippen molar-refractivity contribution >= 4 is 7.32 Å². The Morgan fingerprint density at radius 2 is 1.19 bits per heavy atom. The fraction of sp³-hybridized carbons (Fsp3) is 0.0526. The maximum atomic E-state index is 13.6. The van der Waals surface area contributed by atoms with Gasteiger partial charge in [-0.05, 0) is 71.8 Å². The van der Waals surface area contributed by atoms with Crippen LogP contribution in [0.5, 0.6) is 17.2 Å². The summed E-state index contributed by atoms with van der Waals surface area (Å²) in [5.74, 6) is -0.227. The number of halogens is 3. The second-order valence-corrected chi connectivity index (χ2v) is 5.78. The molecule has 0 saturated carbocycles. The number of benzene rings is 3. The average Bonchev–Trinajstić information content (AvgIpc) is 2.60. The smallest absolute Gasteiger partial charge is 0.490 e. The molecule has 3 aromatic rings. The van der Waals surface area contributed by atoms with E-state index in [0.29, 0.717) is 28.4 Å². The standard InChI is InChI=1S/C19H12BF3O3/c21-14-1-5-17(6-2-14)24-20-25-18-7-3-15(22)10-12(18)9-13-11-16(23)4-8-19(13)26-20/h1-8,10-11H,9H2. The van der Waals surface area contributed by atoms with Gasteiger partial charge in [0.25, 0.3) is 0 Å². The summed E-state index contributed by atoms with van der Waals surface area (Å²) in [5.41, 5.74) is 1.07. The molecule has 1 aliphatic rings. The quantitative estimate of drug-likeness (QED) is 0.632. The molecule has 0 radical (unpaired) electrons. The minimum absolute atomic E-state index is 0.240. The summed E-state index contributed by atoms with van der Waals surface area (Å²) < 4.78 is 57.4. The molecule has 1 heterocycles. The van der Waals surface area contributed by atoms with Crippen LogP contribution in [0, 0.1) is 17.5 Å². The van der Waals surface area contributed by atoms with E-state index in [4.69, 9.17) is 14.0 Å². The molecule has 0 amide bonds. The van der Waals surface area contributed by atoms with Gasteiger partial charge in [-0.2, -0.15) is 0 Å². The van der Waals surface area contributed by atoms with Crippen LogP contribution < -0.4 is 14.0 Å². The Balaban J connectivity index is 1.72. The van der Waals surface area contributed by atoms with Gasteiger partial charge in [-0.15, -0.1) is 0 Å². The zero-order valence-corrected chi connectivity index (χ0v) is 13.4. The maximum absolute atomic E-state index is 13.6. The molecule has 0 N–H and O–H groups in total. The third kappa shape index (κ3) is 3.47. The molecule has 0 atom stereocenters. The minimum Gasteiger partial charge on any atom is -0.490 e. The van der Waals surface area contributed by atoms with Gasteiger partial charge in [0.15, 0.2) is 0 Å². The van der Waals surface area contributed by atoms with E-state index in [1.807, 2.05) is 0 Å². The Labute approximate surface area is 148 Å². The minimum atomic E-state index is -1.21. The van der Waals surface area contributed by atoms with Crippen LogP contribution in [0.3, 0.4) is 0 Å². The lowest BCUT2D eigenvalue weighted by Gasteiger charge is -2.23. The van der Waals surface area contributed by atoms with Crippen LogP contribution in [0.4, 0.5) is 13.2 Å². The molecular formula is C19H12BF3O3. The van der Waals surface area contributed by atoms with Crippen molar-refractivity contribution in [3.05, 3.63) is 89.2 Å². The number of hydrogen-bond donors (Lipinski definition) is 0. The molecule has 0 spiro atoms. The monoisotopic (exact) mass is 356 g/mol. The van der Waals surface area contributed by atoms with Crippen LogP contribution in [-0.4, -0.2) is 7.32 Å². The largest absolute Gasteiger partial charge is 0.864 e. The van der Waals surface area contributed by atoms with Gasteiger partial charge in [-0.25, -0.2) is 13.2 Å². The Bertz CT molecular complexity index is 894. The highest BCUT2D eigenvalue weighted by Gasteiger charge is 2.34. The van der Waals surface area contributed by atoms with E-state index in [2.05, 4.69) is 0 Å². The van der Waals surface area contributed by atoms with Gasteiger partial charge in [0.1, 0.15) is 34.7 Å². The first kappa shape index (κ1) is 16.4. The Morgan fingerprint density at radius 3 is 1.73 bits per heavy atom. The Kier molecular flexibility index (Phi) is 4.20. The number of rotatable bonds is 2. The highest BCUT2D eigenvalue weighted by molar-refractivity contribution is 6.39. The van der Waals surface area contributed by atoms with Crippen LogP contribution in [0.2, 0.25) is 0 Å². The second-order valence-electron chi connectivity index (χ2n) is 5.78. The van der Waals surface area contributed by atoms with E-state index in [9.17, 15) is 13.2 Å². The first-order valence-corrected chi connectivity index (χ1v) is 7.89. The van der Waals surface area contributed by atoms with Crippen LogP contribution in [0.1, 0.15) is 11.1 Å². The van der Waals surface area contributed by atoms with Gasteiger partial charge in [0, 0.05) is 6.42 Å². The molecule has 0 bridgehead atoms. The van der Waals surface area contributed by atoms with Crippen molar-refractivity contribution < 1.29 is 27.1 Å². The summed E-state index contributed by atoms with van der Waals surface area (Å²) in [5, 5.41) is 0. The van der Waals surface area contributed by atoms with Gasteiger partial charge in [0.2, 0.25) is 0 Å². The summed E-state index contributed by atoms with van der Waals surface area (Å²) >= 11 is 0. The van der Waals surface area contributed by atoms with E-state index in [0.717, 1.165) is 0 Å². The molecule has 130 valence electrons. The fourth-order valence-electron chi connectivity index (χ4n) is 2.71. The summed E-state index contributed by atoms with van der Waals surface area (Å²) in [6, 6.07) is 13.4. The van der Waals surface area contributed by atoms with Crippen molar-refractivity contribution in [1.82, 2.24) is 0 Å². The zero-order chi connectivity index (χ0) is 18.1. The van der Waals surface area contributed by atoms with Crippen molar-refractivity contribution in [2.45, 2.75) is 6.42 Å². The van der Waals surface area contributed by atoms with Gasteiger partial charge in [0.05, 0.1) is 0 Å². The molecule has 1 aliphatic heterocycles. The normalized spacial score (nSPS) is 12.8. The van der Waals surface area contributed by atoms with Crippen LogP contribution in [0.25, 0.3) is 0 Å². The van der Waals surface area contributed by atoms with Crippen LogP contribution in [0.15, 0.2) is 60.7 Å². The molecule has 0 fully saturated rings. The maximum Gasteiger partial charge on any atom is 0.864 e. The van der Waals surface area contributed by atoms with E-state index in [1.165, 1.54) is 60.7 Å². The van der Waals surface area contributed by atoms with E-state index in [1.54, 1.807) is 0 Å². The van der Waals surface area contributed by atoms with Gasteiger partial charge in [-0.3, -0.25) is 0 Å². The van der Waals surface area contributed by atoms with Crippen LogP contribution in [-0.2, 0) is 6.42 Å². The molecule has 0 aromatic heterocycles. The summed E-state index contributed by atoms with van der Waals surface area (Å²) in [6.07, 6.45) is 0.240. The van der Waals surface area contributed by atoms with Crippen molar-refractivity contribution in [3.63, 3.8) is 0 Å². The van der Waals surface area contributed by atoms with E-state index in [-0.39, 0.29) is 6.42 Å². The number of hydrogen-bond acceptors (Lipinski definition) is 3. The van der Waals surface area contributed by atoms with E-state index < -0.39 is 24.8 Å². The fourth-order valence-corrected chi connectivity index (χ4v) is 2.71. The van der Waals surface area contributed by atoms with Gasteiger partial charge >= 0.3 is 7.32 Å². The summed E-state index contributed by atoms with van der Waals surface area (Å²) in [7, 11) is -1.21. The molecule has 0 aliphatic carbocycles. The SMILES string of the molecule is Fc1ccc(OB2Oc3ccc(F)cc3Cc3cc(F)ccc3O2)cc1. The molecule has 7 heteroatoms. The molecule has 0 unspecified atom stereocenters.